The molecule has 0 aromatic carbocycles. The predicted octanol–water partition coefficient (Wildman–Crippen LogP) is 2.43. The van der Waals surface area contributed by atoms with E-state index in [0.717, 1.165) is 25.9 Å². The fourth-order valence-corrected chi connectivity index (χ4v) is 1.93. The van der Waals surface area contributed by atoms with E-state index in [1.807, 2.05) is 4.90 Å². The molecule has 1 fully saturated rings. The van der Waals surface area contributed by atoms with Gasteiger partial charge < -0.3 is 10.6 Å². The first-order chi connectivity index (χ1) is 7.30. The minimum Gasteiger partial charge on any atom is -0.341 e. The second-order valence-corrected chi connectivity index (χ2v) is 6.21. The van der Waals surface area contributed by atoms with Gasteiger partial charge in [-0.3, -0.25) is 4.79 Å². The average molecular weight is 263 g/mol. The highest BCUT2D eigenvalue weighted by molar-refractivity contribution is 5.85. The van der Waals surface area contributed by atoms with Crippen molar-refractivity contribution in [2.24, 2.45) is 17.1 Å². The lowest BCUT2D eigenvalue weighted by Gasteiger charge is -2.33. The lowest BCUT2D eigenvalue weighted by molar-refractivity contribution is -0.134. The summed E-state index contributed by atoms with van der Waals surface area (Å²) in [5.41, 5.74) is 6.09. The van der Waals surface area contributed by atoms with Gasteiger partial charge in [-0.05, 0) is 24.2 Å². The summed E-state index contributed by atoms with van der Waals surface area (Å²) in [6, 6.07) is 0.183. The van der Waals surface area contributed by atoms with Crippen LogP contribution in [0.3, 0.4) is 0 Å². The van der Waals surface area contributed by atoms with Crippen LogP contribution in [0.25, 0.3) is 0 Å². The number of carbonyl (C=O) groups excluding carboxylic acids is 1. The van der Waals surface area contributed by atoms with Crippen LogP contribution in [-0.4, -0.2) is 29.9 Å². The van der Waals surface area contributed by atoms with Crippen LogP contribution in [0.4, 0.5) is 0 Å². The molecule has 1 amide bonds. The van der Waals surface area contributed by atoms with Crippen molar-refractivity contribution in [1.82, 2.24) is 4.90 Å². The third kappa shape index (κ3) is 5.26. The molecule has 0 aliphatic carbocycles. The van der Waals surface area contributed by atoms with Crippen molar-refractivity contribution in [1.29, 1.82) is 0 Å². The Kier molecular flexibility index (Phi) is 6.49. The van der Waals surface area contributed by atoms with Crippen molar-refractivity contribution >= 4 is 18.3 Å². The Morgan fingerprint density at radius 3 is 2.53 bits per heavy atom. The molecule has 17 heavy (non-hydrogen) atoms. The molecule has 0 bridgehead atoms. The van der Waals surface area contributed by atoms with Crippen LogP contribution in [0.1, 0.15) is 47.0 Å². The van der Waals surface area contributed by atoms with Crippen molar-refractivity contribution in [2.45, 2.75) is 53.0 Å². The van der Waals surface area contributed by atoms with E-state index in [2.05, 4.69) is 27.7 Å². The van der Waals surface area contributed by atoms with Gasteiger partial charge in [-0.15, -0.1) is 12.4 Å². The second kappa shape index (κ2) is 6.60. The molecule has 4 heteroatoms. The van der Waals surface area contributed by atoms with Gasteiger partial charge in [0.05, 0.1) is 0 Å². The monoisotopic (exact) mass is 262 g/mol. The normalized spacial score (nSPS) is 22.9. The van der Waals surface area contributed by atoms with E-state index in [-0.39, 0.29) is 29.8 Å². The Morgan fingerprint density at radius 2 is 2.06 bits per heavy atom. The van der Waals surface area contributed by atoms with E-state index < -0.39 is 0 Å². The smallest absolute Gasteiger partial charge is 0.222 e. The van der Waals surface area contributed by atoms with Crippen LogP contribution in [0.5, 0.6) is 0 Å². The number of hydrogen-bond acceptors (Lipinski definition) is 2. The van der Waals surface area contributed by atoms with Crippen LogP contribution >= 0.6 is 12.4 Å². The summed E-state index contributed by atoms with van der Waals surface area (Å²) in [7, 11) is 0. The fourth-order valence-electron chi connectivity index (χ4n) is 1.93. The zero-order chi connectivity index (χ0) is 12.3. The molecule has 1 aliphatic rings. The number of carbonyl (C=O) groups is 1. The number of amides is 1. The number of nitrogens with two attached hydrogens (primary N) is 1. The molecular weight excluding hydrogens is 236 g/mol. The Hall–Kier alpha value is -0.280. The molecule has 1 heterocycles. The maximum atomic E-state index is 12.1. The number of piperidine rings is 1. The Bertz CT molecular complexity index is 250. The molecule has 1 saturated heterocycles. The van der Waals surface area contributed by atoms with E-state index >= 15 is 0 Å². The predicted molar refractivity (Wildman–Crippen MR) is 74.3 cm³/mol. The van der Waals surface area contributed by atoms with Crippen molar-refractivity contribution in [3.05, 3.63) is 0 Å². The maximum absolute atomic E-state index is 12.1. The van der Waals surface area contributed by atoms with E-state index in [4.69, 9.17) is 5.73 Å². The van der Waals surface area contributed by atoms with Gasteiger partial charge in [0.15, 0.2) is 0 Å². The first-order valence-corrected chi connectivity index (χ1v) is 6.34. The van der Waals surface area contributed by atoms with Gasteiger partial charge in [0.2, 0.25) is 5.91 Å². The van der Waals surface area contributed by atoms with E-state index in [1.165, 1.54) is 0 Å². The van der Waals surface area contributed by atoms with Crippen LogP contribution < -0.4 is 5.73 Å². The molecule has 0 spiro atoms. The van der Waals surface area contributed by atoms with Crippen LogP contribution in [-0.2, 0) is 4.79 Å². The number of rotatable bonds is 2. The summed E-state index contributed by atoms with van der Waals surface area (Å²) in [6.07, 6.45) is 2.76. The highest BCUT2D eigenvalue weighted by Crippen LogP contribution is 2.28. The van der Waals surface area contributed by atoms with E-state index in [0.29, 0.717) is 12.3 Å². The summed E-state index contributed by atoms with van der Waals surface area (Å²) >= 11 is 0. The average Bonchev–Trinajstić information content (AvgIpc) is 2.16. The topological polar surface area (TPSA) is 46.3 Å². The van der Waals surface area contributed by atoms with Gasteiger partial charge in [0.25, 0.3) is 0 Å². The van der Waals surface area contributed by atoms with Crippen molar-refractivity contribution in [3.63, 3.8) is 0 Å². The number of likely N-dealkylation sites (tertiary alicyclic amines) is 1. The zero-order valence-corrected chi connectivity index (χ0v) is 12.3. The van der Waals surface area contributed by atoms with Gasteiger partial charge >= 0.3 is 0 Å². The Morgan fingerprint density at radius 1 is 1.47 bits per heavy atom. The number of hydrogen-bond donors (Lipinski definition) is 1. The molecule has 1 aliphatic heterocycles. The molecule has 3 nitrogen and oxygen atoms in total. The molecule has 0 aromatic rings. The van der Waals surface area contributed by atoms with Gasteiger partial charge in [-0.2, -0.15) is 0 Å². The number of nitrogens with zero attached hydrogens (tertiary/aromatic N) is 1. The van der Waals surface area contributed by atoms with Crippen molar-refractivity contribution < 1.29 is 4.79 Å². The minimum atomic E-state index is 0. The van der Waals surface area contributed by atoms with E-state index in [1.54, 1.807) is 0 Å². The summed E-state index contributed by atoms with van der Waals surface area (Å²) in [4.78, 5) is 14.0. The number of halogens is 1. The molecule has 102 valence electrons. The van der Waals surface area contributed by atoms with Crippen LogP contribution in [0.15, 0.2) is 0 Å². The Balaban J connectivity index is 0.00000256. The lowest BCUT2D eigenvalue weighted by atomic mass is 9.80. The van der Waals surface area contributed by atoms with Gasteiger partial charge in [-0.25, -0.2) is 0 Å². The van der Waals surface area contributed by atoms with Gasteiger partial charge in [0, 0.05) is 25.6 Å². The first-order valence-electron chi connectivity index (χ1n) is 6.34. The summed E-state index contributed by atoms with van der Waals surface area (Å²) in [5.74, 6) is 0.690. The summed E-state index contributed by atoms with van der Waals surface area (Å²) < 4.78 is 0. The fraction of sp³-hybridized carbons (Fsp3) is 0.923. The second-order valence-electron chi connectivity index (χ2n) is 6.21. The highest BCUT2D eigenvalue weighted by Gasteiger charge is 2.27. The quantitative estimate of drug-likeness (QED) is 0.831. The SMILES string of the molecule is CC(CC(=O)N1CCCC(N)C1)C(C)(C)C.Cl. The van der Waals surface area contributed by atoms with Crippen molar-refractivity contribution in [3.8, 4) is 0 Å². The zero-order valence-electron chi connectivity index (χ0n) is 11.5. The van der Waals surface area contributed by atoms with Gasteiger partial charge in [0.1, 0.15) is 0 Å². The lowest BCUT2D eigenvalue weighted by Crippen LogP contribution is -2.46. The third-order valence-corrected chi connectivity index (χ3v) is 3.77. The van der Waals surface area contributed by atoms with E-state index in [9.17, 15) is 4.79 Å². The van der Waals surface area contributed by atoms with Crippen LogP contribution in [0.2, 0.25) is 0 Å². The van der Waals surface area contributed by atoms with Crippen LogP contribution in [0, 0.1) is 11.3 Å². The molecule has 1 rings (SSSR count). The standard InChI is InChI=1S/C13H26N2O.ClH/c1-10(13(2,3)4)8-12(16)15-7-5-6-11(14)9-15;/h10-11H,5-9,14H2,1-4H3;1H. The molecule has 0 saturated carbocycles. The summed E-state index contributed by atoms with van der Waals surface area (Å²) in [5, 5.41) is 0. The first kappa shape index (κ1) is 16.7. The molecule has 2 unspecified atom stereocenters. The maximum Gasteiger partial charge on any atom is 0.222 e. The highest BCUT2D eigenvalue weighted by atomic mass is 35.5. The van der Waals surface area contributed by atoms with Crippen molar-refractivity contribution in [2.75, 3.05) is 13.1 Å². The molecule has 2 N–H and O–H groups in total. The summed E-state index contributed by atoms with van der Waals surface area (Å²) in [6.45, 7) is 10.4. The molecule has 0 aromatic heterocycles. The largest absolute Gasteiger partial charge is 0.341 e. The third-order valence-electron chi connectivity index (χ3n) is 3.77. The Labute approximate surface area is 112 Å². The van der Waals surface area contributed by atoms with Gasteiger partial charge in [-0.1, -0.05) is 27.7 Å². The minimum absolute atomic E-state index is 0. The molecular formula is C13H27ClN2O. The molecule has 0 radical (unpaired) electrons. The molecule has 2 atom stereocenters.